The molecule has 2 unspecified atom stereocenters. The van der Waals surface area contributed by atoms with Crippen molar-refractivity contribution in [3.05, 3.63) is 85.0 Å². The maximum absolute atomic E-state index is 8.95. The first kappa shape index (κ1) is 48.0. The Labute approximate surface area is 408 Å². The lowest BCUT2D eigenvalue weighted by atomic mass is 9.97. The molecule has 6 aromatic heterocycles. The van der Waals surface area contributed by atoms with Gasteiger partial charge in [0.2, 0.25) is 0 Å². The van der Waals surface area contributed by atoms with E-state index in [1.807, 2.05) is 62.6 Å². The number of anilines is 6. The monoisotopic (exact) mass is 1190 g/mol. The van der Waals surface area contributed by atoms with Crippen LogP contribution in [0.15, 0.2) is 73.6 Å². The molecule has 16 nitrogen and oxygen atoms in total. The lowest BCUT2D eigenvalue weighted by Crippen LogP contribution is -2.47. The number of aryl methyl sites for hydroxylation is 2. The van der Waals surface area contributed by atoms with Crippen molar-refractivity contribution in [2.45, 2.75) is 108 Å². The quantitative estimate of drug-likeness (QED) is 0.0502. The second kappa shape index (κ2) is 23.5. The molecule has 4 saturated heterocycles. The maximum atomic E-state index is 8.95. The van der Waals surface area contributed by atoms with Gasteiger partial charge in [-0.3, -0.25) is 25.1 Å². The molecule has 4 bridgehead atoms. The van der Waals surface area contributed by atoms with Crippen molar-refractivity contribution in [1.29, 1.82) is 10.5 Å². The SMILES string of the molecule is C=CC#N.Cc1cc(Nc2cc3ncccc3c(NC3C[C@H]4CC[C@@H](C3)N4)n2)n[nH]1.Cc1cc(Nc2cc3ncccc3c(NC3C[C@H]4CC[C@@H](C3)N4CCC#N)n2)n[nH]1.I.II. The van der Waals surface area contributed by atoms with Crippen LogP contribution < -0.4 is 26.6 Å². The topological polar surface area (TPSA) is 220 Å². The minimum absolute atomic E-state index is 0. The Bertz CT molecular complexity index is 2490. The Kier molecular flexibility index (Phi) is 17.9. The van der Waals surface area contributed by atoms with Gasteiger partial charge in [0.05, 0.1) is 23.2 Å². The summed E-state index contributed by atoms with van der Waals surface area (Å²) in [6.07, 6.45) is 14.9. The molecule has 7 N–H and O–H groups in total. The van der Waals surface area contributed by atoms with E-state index in [9.17, 15) is 0 Å². The average Bonchev–Trinajstić information content (AvgIpc) is 4.05. The van der Waals surface area contributed by atoms with Crippen molar-refractivity contribution in [3.63, 3.8) is 0 Å². The van der Waals surface area contributed by atoms with Crippen LogP contribution in [-0.2, 0) is 0 Å². The Hall–Kier alpha value is -4.43. The standard InChI is InChI=1S/C22H26N8.C19H23N7.C3H3N.I2.HI/c1-14-10-21(29-28-14)26-20-13-19-18(4-2-8-24-19)22(27-20)25-15-11-16-5-6-17(12-15)30(16)9-3-7-23;1-11-7-18(26-25-11)23-17-10-16-15(3-2-6-20-16)19(24-17)22-14-8-12-4-5-13(9-14)21-12;1-2-3-4;1-2;/h2,4,8,10,13,15-17H,3,5-6,9,11-12H2,1H3,(H3,25,26,27,28,29);2-3,6-7,10,12-14,21H,4-5,8-9H2,1H3,(H3,22,23,24,25,26);2H,1H2;;1H/t15?,16-,17+;12-,13+,14?;;;. The maximum Gasteiger partial charge on any atom is 0.153 e. The van der Waals surface area contributed by atoms with Gasteiger partial charge in [0.15, 0.2) is 11.6 Å². The lowest BCUT2D eigenvalue weighted by Gasteiger charge is -2.39. The molecular weight excluding hydrogens is 1130 g/mol. The lowest BCUT2D eigenvalue weighted by molar-refractivity contribution is 0.136. The van der Waals surface area contributed by atoms with Gasteiger partial charge in [0, 0.05) is 151 Å². The highest BCUT2D eigenvalue weighted by Gasteiger charge is 2.40. The molecule has 19 heteroatoms. The van der Waals surface area contributed by atoms with E-state index in [1.54, 1.807) is 6.07 Å². The summed E-state index contributed by atoms with van der Waals surface area (Å²) in [5.74, 6) is 4.75. The Morgan fingerprint density at radius 1 is 0.746 bits per heavy atom. The van der Waals surface area contributed by atoms with Crippen LogP contribution in [0.5, 0.6) is 0 Å². The number of nitriles is 2. The third-order valence-electron chi connectivity index (χ3n) is 11.7. The number of nitrogens with one attached hydrogen (secondary N) is 7. The van der Waals surface area contributed by atoms with Crippen LogP contribution in [-0.4, -0.2) is 88.0 Å². The zero-order valence-electron chi connectivity index (χ0n) is 35.3. The third kappa shape index (κ3) is 12.6. The van der Waals surface area contributed by atoms with Crippen molar-refractivity contribution in [1.82, 2.24) is 50.5 Å². The molecule has 6 atom stereocenters. The van der Waals surface area contributed by atoms with Gasteiger partial charge < -0.3 is 26.6 Å². The second-order valence-electron chi connectivity index (χ2n) is 16.1. The number of aromatic nitrogens is 8. The van der Waals surface area contributed by atoms with E-state index >= 15 is 0 Å². The largest absolute Gasteiger partial charge is 0.367 e. The number of halogens is 3. The molecule has 4 aliphatic rings. The zero-order valence-corrected chi connectivity index (χ0v) is 41.9. The van der Waals surface area contributed by atoms with Crippen molar-refractivity contribution in [2.75, 3.05) is 27.8 Å². The molecule has 330 valence electrons. The number of fused-ring (bicyclic) bond motifs is 6. The first-order valence-corrected chi connectivity index (χ1v) is 27.3. The normalized spacial score (nSPS) is 21.7. The van der Waals surface area contributed by atoms with Crippen molar-refractivity contribution >= 4 is 118 Å². The summed E-state index contributed by atoms with van der Waals surface area (Å²) >= 11 is 4.24. The summed E-state index contributed by atoms with van der Waals surface area (Å²) in [6, 6.07) is 23.1. The van der Waals surface area contributed by atoms with Gasteiger partial charge in [-0.1, -0.05) is 6.58 Å². The number of hydrogen-bond acceptors (Lipinski definition) is 14. The Morgan fingerprint density at radius 2 is 1.22 bits per heavy atom. The molecule has 63 heavy (non-hydrogen) atoms. The highest BCUT2D eigenvalue weighted by Crippen LogP contribution is 2.38. The molecule has 0 amide bonds. The van der Waals surface area contributed by atoms with Crippen LogP contribution in [0.25, 0.3) is 21.8 Å². The molecule has 0 aromatic carbocycles. The van der Waals surface area contributed by atoms with Gasteiger partial charge in [-0.2, -0.15) is 20.7 Å². The summed E-state index contributed by atoms with van der Waals surface area (Å²) in [5.41, 5.74) is 3.83. The van der Waals surface area contributed by atoms with Gasteiger partial charge in [0.25, 0.3) is 0 Å². The first-order chi connectivity index (χ1) is 30.3. The van der Waals surface area contributed by atoms with E-state index in [0.717, 1.165) is 100 Å². The molecular formula is C44H53I3N16. The molecule has 10 rings (SSSR count). The molecule has 4 fully saturated rings. The van der Waals surface area contributed by atoms with Crippen molar-refractivity contribution < 1.29 is 0 Å². The predicted molar refractivity (Wildman–Crippen MR) is 279 cm³/mol. The number of piperidine rings is 2. The number of hydrogen-bond donors (Lipinski definition) is 7. The Balaban J connectivity index is 0.000000185. The highest BCUT2D eigenvalue weighted by atomic mass is 128. The van der Waals surface area contributed by atoms with E-state index in [2.05, 4.69) is 124 Å². The van der Waals surface area contributed by atoms with Gasteiger partial charge in [-0.05, 0) is 89.5 Å². The van der Waals surface area contributed by atoms with Crippen LogP contribution in [0.3, 0.4) is 0 Å². The summed E-state index contributed by atoms with van der Waals surface area (Å²) in [6.45, 7) is 7.96. The summed E-state index contributed by atoms with van der Waals surface area (Å²) in [5, 5.41) is 50.6. The number of allylic oxidation sites excluding steroid dienone is 1. The fraction of sp³-hybridized carbons (Fsp3) is 0.409. The van der Waals surface area contributed by atoms with E-state index in [1.165, 1.54) is 31.8 Å². The number of rotatable bonds is 10. The van der Waals surface area contributed by atoms with Crippen LogP contribution in [0.1, 0.15) is 69.2 Å². The molecule has 0 saturated carbocycles. The van der Waals surface area contributed by atoms with Gasteiger partial charge in [-0.25, -0.2) is 9.97 Å². The smallest absolute Gasteiger partial charge is 0.153 e. The first-order valence-electron chi connectivity index (χ1n) is 21.0. The minimum Gasteiger partial charge on any atom is -0.367 e. The minimum atomic E-state index is 0. The molecule has 10 heterocycles. The van der Waals surface area contributed by atoms with E-state index in [-0.39, 0.29) is 24.0 Å². The molecule has 0 radical (unpaired) electrons. The molecule has 4 aliphatic heterocycles. The van der Waals surface area contributed by atoms with Gasteiger partial charge in [0.1, 0.15) is 23.3 Å². The zero-order chi connectivity index (χ0) is 43.4. The second-order valence-corrected chi connectivity index (χ2v) is 16.1. The number of H-pyrrole nitrogens is 2. The number of aromatic amines is 2. The van der Waals surface area contributed by atoms with E-state index in [0.29, 0.717) is 42.7 Å². The van der Waals surface area contributed by atoms with Crippen LogP contribution in [0, 0.1) is 36.5 Å². The highest BCUT2D eigenvalue weighted by molar-refractivity contribution is 15.0. The molecule has 6 aromatic rings. The van der Waals surface area contributed by atoms with Crippen LogP contribution in [0.2, 0.25) is 0 Å². The predicted octanol–water partition coefficient (Wildman–Crippen LogP) is 9.91. The van der Waals surface area contributed by atoms with Crippen molar-refractivity contribution in [2.24, 2.45) is 0 Å². The van der Waals surface area contributed by atoms with Crippen molar-refractivity contribution in [3.8, 4) is 12.1 Å². The Morgan fingerprint density at radius 3 is 1.65 bits per heavy atom. The fourth-order valence-electron chi connectivity index (χ4n) is 9.22. The number of pyridine rings is 4. The fourth-order valence-corrected chi connectivity index (χ4v) is 9.22. The van der Waals surface area contributed by atoms with E-state index in [4.69, 9.17) is 20.5 Å². The van der Waals surface area contributed by atoms with Crippen LogP contribution in [0.4, 0.5) is 34.9 Å². The van der Waals surface area contributed by atoms with Gasteiger partial charge >= 0.3 is 0 Å². The molecule has 0 spiro atoms. The third-order valence-corrected chi connectivity index (χ3v) is 11.7. The van der Waals surface area contributed by atoms with Gasteiger partial charge in [-0.15, -0.1) is 24.0 Å². The summed E-state index contributed by atoms with van der Waals surface area (Å²) in [4.78, 5) is 21.3. The van der Waals surface area contributed by atoms with E-state index < -0.39 is 0 Å². The summed E-state index contributed by atoms with van der Waals surface area (Å²) in [7, 11) is 0. The summed E-state index contributed by atoms with van der Waals surface area (Å²) < 4.78 is 0. The molecule has 0 aliphatic carbocycles. The average molecular weight is 1190 g/mol. The van der Waals surface area contributed by atoms with Crippen LogP contribution >= 0.6 is 61.2 Å². The number of nitrogens with zero attached hydrogens (tertiary/aromatic N) is 9.